The van der Waals surface area contributed by atoms with Crippen LogP contribution in [0.4, 0.5) is 5.69 Å². The van der Waals surface area contributed by atoms with Gasteiger partial charge in [0.1, 0.15) is 0 Å². The molecule has 122 valence electrons. The largest absolute Gasteiger partial charge is 0.493 e. The molecule has 22 heavy (non-hydrogen) atoms. The van der Waals surface area contributed by atoms with E-state index in [-0.39, 0.29) is 5.91 Å². The van der Waals surface area contributed by atoms with Gasteiger partial charge in [0.2, 0.25) is 11.7 Å². The fourth-order valence-electron chi connectivity index (χ4n) is 2.43. The Morgan fingerprint density at radius 1 is 1.14 bits per heavy atom. The molecule has 1 saturated heterocycles. The van der Waals surface area contributed by atoms with E-state index in [2.05, 4.69) is 15.5 Å². The summed E-state index contributed by atoms with van der Waals surface area (Å²) < 4.78 is 15.8. The molecule has 1 aliphatic heterocycles. The molecule has 2 rings (SSSR count). The number of nitrogens with zero attached hydrogens (tertiary/aromatic N) is 1. The van der Waals surface area contributed by atoms with Crippen LogP contribution in [-0.4, -0.2) is 64.9 Å². The van der Waals surface area contributed by atoms with Crippen molar-refractivity contribution < 1.29 is 19.0 Å². The van der Waals surface area contributed by atoms with Crippen molar-refractivity contribution in [3.05, 3.63) is 12.1 Å². The van der Waals surface area contributed by atoms with Crippen molar-refractivity contribution in [2.24, 2.45) is 0 Å². The molecule has 0 radical (unpaired) electrons. The highest BCUT2D eigenvalue weighted by atomic mass is 16.5. The second-order valence-corrected chi connectivity index (χ2v) is 4.99. The molecule has 1 aromatic rings. The number of anilines is 1. The summed E-state index contributed by atoms with van der Waals surface area (Å²) in [4.78, 5) is 14.3. The topological polar surface area (TPSA) is 72.1 Å². The third-order valence-corrected chi connectivity index (χ3v) is 3.53. The van der Waals surface area contributed by atoms with Gasteiger partial charge in [-0.3, -0.25) is 9.69 Å². The highest BCUT2D eigenvalue weighted by molar-refractivity contribution is 5.93. The number of carbonyl (C=O) groups is 1. The Labute approximate surface area is 130 Å². The fourth-order valence-corrected chi connectivity index (χ4v) is 2.43. The molecule has 7 nitrogen and oxygen atoms in total. The van der Waals surface area contributed by atoms with Crippen LogP contribution in [0.5, 0.6) is 17.2 Å². The number of methoxy groups -OCH3 is 3. The molecule has 1 aliphatic rings. The van der Waals surface area contributed by atoms with Gasteiger partial charge in [-0.15, -0.1) is 0 Å². The molecule has 2 N–H and O–H groups in total. The summed E-state index contributed by atoms with van der Waals surface area (Å²) in [5.74, 6) is 1.47. The van der Waals surface area contributed by atoms with Crippen LogP contribution in [-0.2, 0) is 4.79 Å². The number of hydrogen-bond acceptors (Lipinski definition) is 6. The maximum Gasteiger partial charge on any atom is 0.238 e. The van der Waals surface area contributed by atoms with Crippen molar-refractivity contribution in [3.63, 3.8) is 0 Å². The Hall–Kier alpha value is -1.99. The number of amides is 1. The normalized spacial score (nSPS) is 15.2. The average molecular weight is 309 g/mol. The van der Waals surface area contributed by atoms with Crippen molar-refractivity contribution in [1.82, 2.24) is 10.2 Å². The molecule has 1 heterocycles. The molecule has 1 amide bonds. The summed E-state index contributed by atoms with van der Waals surface area (Å²) in [5.41, 5.74) is 0.620. The van der Waals surface area contributed by atoms with E-state index in [1.807, 2.05) is 0 Å². The lowest BCUT2D eigenvalue weighted by molar-refractivity contribution is -0.117. The lowest BCUT2D eigenvalue weighted by Gasteiger charge is -2.26. The Morgan fingerprint density at radius 2 is 1.73 bits per heavy atom. The van der Waals surface area contributed by atoms with Gasteiger partial charge in [-0.1, -0.05) is 0 Å². The van der Waals surface area contributed by atoms with Crippen molar-refractivity contribution in [1.29, 1.82) is 0 Å². The van der Waals surface area contributed by atoms with Gasteiger partial charge in [0.25, 0.3) is 0 Å². The van der Waals surface area contributed by atoms with Crippen molar-refractivity contribution >= 4 is 11.6 Å². The number of hydrogen-bond donors (Lipinski definition) is 2. The molecule has 0 spiro atoms. The molecular weight excluding hydrogens is 286 g/mol. The lowest BCUT2D eigenvalue weighted by Crippen LogP contribution is -2.46. The van der Waals surface area contributed by atoms with Crippen LogP contribution < -0.4 is 24.8 Å². The molecular formula is C15H23N3O4. The molecule has 0 aliphatic carbocycles. The minimum Gasteiger partial charge on any atom is -0.493 e. The minimum atomic E-state index is -0.0591. The Balaban J connectivity index is 2.06. The van der Waals surface area contributed by atoms with Crippen LogP contribution in [0.25, 0.3) is 0 Å². The van der Waals surface area contributed by atoms with Crippen molar-refractivity contribution in [2.75, 3.05) is 59.4 Å². The van der Waals surface area contributed by atoms with E-state index < -0.39 is 0 Å². The predicted octanol–water partition coefficient (Wildman–Crippen LogP) is 0.556. The van der Waals surface area contributed by atoms with Crippen LogP contribution in [0.3, 0.4) is 0 Å². The molecule has 0 aromatic heterocycles. The Kier molecular flexibility index (Phi) is 5.85. The second-order valence-electron chi connectivity index (χ2n) is 4.99. The molecule has 1 aromatic carbocycles. The maximum absolute atomic E-state index is 12.1. The predicted molar refractivity (Wildman–Crippen MR) is 84.0 cm³/mol. The van der Waals surface area contributed by atoms with Gasteiger partial charge in [0.05, 0.1) is 27.9 Å². The van der Waals surface area contributed by atoms with E-state index in [0.29, 0.717) is 29.5 Å². The van der Waals surface area contributed by atoms with Gasteiger partial charge < -0.3 is 24.8 Å². The third-order valence-electron chi connectivity index (χ3n) is 3.53. The van der Waals surface area contributed by atoms with E-state index in [0.717, 1.165) is 26.2 Å². The zero-order valence-corrected chi connectivity index (χ0v) is 13.3. The third kappa shape index (κ3) is 4.02. The summed E-state index contributed by atoms with van der Waals surface area (Å²) in [6.45, 7) is 3.96. The summed E-state index contributed by atoms with van der Waals surface area (Å²) in [7, 11) is 4.64. The standard InChI is InChI=1S/C15H23N3O4/c1-20-12-8-11(9-13(21-2)15(12)22-3)17-14(19)10-18-6-4-16-5-7-18/h8-9,16H,4-7,10H2,1-3H3,(H,17,19). The van der Waals surface area contributed by atoms with E-state index in [4.69, 9.17) is 14.2 Å². The molecule has 1 fully saturated rings. The number of nitrogens with one attached hydrogen (secondary N) is 2. The van der Waals surface area contributed by atoms with Crippen molar-refractivity contribution in [2.45, 2.75) is 0 Å². The monoisotopic (exact) mass is 309 g/mol. The molecule has 7 heteroatoms. The Bertz CT molecular complexity index is 491. The van der Waals surface area contributed by atoms with E-state index in [1.165, 1.54) is 0 Å². The summed E-state index contributed by atoms with van der Waals surface area (Å²) >= 11 is 0. The lowest BCUT2D eigenvalue weighted by atomic mass is 10.2. The van der Waals surface area contributed by atoms with Gasteiger partial charge >= 0.3 is 0 Å². The quantitative estimate of drug-likeness (QED) is 0.800. The van der Waals surface area contributed by atoms with Crippen LogP contribution in [0.2, 0.25) is 0 Å². The summed E-state index contributed by atoms with van der Waals surface area (Å²) in [5, 5.41) is 6.13. The number of ether oxygens (including phenoxy) is 3. The number of piperazine rings is 1. The number of carbonyl (C=O) groups excluding carboxylic acids is 1. The minimum absolute atomic E-state index is 0.0591. The van der Waals surface area contributed by atoms with Gasteiger partial charge in [-0.2, -0.15) is 0 Å². The van der Waals surface area contributed by atoms with E-state index in [9.17, 15) is 4.79 Å². The SMILES string of the molecule is COc1cc(NC(=O)CN2CCNCC2)cc(OC)c1OC. The first-order chi connectivity index (χ1) is 10.7. The average Bonchev–Trinajstić information content (AvgIpc) is 2.54. The van der Waals surface area contributed by atoms with E-state index >= 15 is 0 Å². The highest BCUT2D eigenvalue weighted by Gasteiger charge is 2.16. The highest BCUT2D eigenvalue weighted by Crippen LogP contribution is 2.39. The van der Waals surface area contributed by atoms with Crippen LogP contribution in [0.1, 0.15) is 0 Å². The first-order valence-electron chi connectivity index (χ1n) is 7.21. The smallest absolute Gasteiger partial charge is 0.238 e. The van der Waals surface area contributed by atoms with Crippen LogP contribution >= 0.6 is 0 Å². The van der Waals surface area contributed by atoms with Crippen LogP contribution in [0, 0.1) is 0 Å². The van der Waals surface area contributed by atoms with Gasteiger partial charge in [-0.05, 0) is 0 Å². The Morgan fingerprint density at radius 3 is 2.23 bits per heavy atom. The van der Waals surface area contributed by atoms with Crippen molar-refractivity contribution in [3.8, 4) is 17.2 Å². The first kappa shape index (κ1) is 16.4. The zero-order chi connectivity index (χ0) is 15.9. The second kappa shape index (κ2) is 7.86. The first-order valence-corrected chi connectivity index (χ1v) is 7.21. The number of benzene rings is 1. The van der Waals surface area contributed by atoms with Gasteiger partial charge in [-0.25, -0.2) is 0 Å². The molecule has 0 unspecified atom stereocenters. The molecule has 0 bridgehead atoms. The molecule has 0 saturated carbocycles. The zero-order valence-electron chi connectivity index (χ0n) is 13.3. The number of rotatable bonds is 6. The summed E-state index contributed by atoms with van der Waals surface area (Å²) in [6.07, 6.45) is 0. The van der Waals surface area contributed by atoms with Crippen LogP contribution in [0.15, 0.2) is 12.1 Å². The van der Waals surface area contributed by atoms with Gasteiger partial charge in [0, 0.05) is 44.0 Å². The fraction of sp³-hybridized carbons (Fsp3) is 0.533. The van der Waals surface area contributed by atoms with E-state index in [1.54, 1.807) is 33.5 Å². The maximum atomic E-state index is 12.1. The van der Waals surface area contributed by atoms with Gasteiger partial charge in [0.15, 0.2) is 11.5 Å². The summed E-state index contributed by atoms with van der Waals surface area (Å²) in [6, 6.07) is 3.44. The molecule has 0 atom stereocenters.